The predicted molar refractivity (Wildman–Crippen MR) is 73.2 cm³/mol. The monoisotopic (exact) mass is 266 g/mol. The minimum atomic E-state index is -0.274. The number of hydrogen-bond acceptors (Lipinski definition) is 4. The molecule has 6 heteroatoms. The Morgan fingerprint density at radius 1 is 1.37 bits per heavy atom. The van der Waals surface area contributed by atoms with E-state index in [4.69, 9.17) is 0 Å². The standard InChI is InChI=1S/C13H22N4O2/c1-3-11-13(17(18)19)12(4-2)16(15-11)9-10-5-7-14-8-6-10/h10,14H,3-9H2,1-2H3. The average molecular weight is 266 g/mol. The maximum absolute atomic E-state index is 11.2. The molecule has 1 aromatic rings. The molecule has 1 fully saturated rings. The van der Waals surface area contributed by atoms with Gasteiger partial charge in [-0.05, 0) is 44.7 Å². The van der Waals surface area contributed by atoms with Crippen molar-refractivity contribution in [2.75, 3.05) is 13.1 Å². The average Bonchev–Trinajstić information content (AvgIpc) is 2.77. The lowest BCUT2D eigenvalue weighted by atomic mass is 9.98. The molecule has 0 bridgehead atoms. The van der Waals surface area contributed by atoms with E-state index in [9.17, 15) is 10.1 Å². The molecule has 106 valence electrons. The number of nitrogens with one attached hydrogen (secondary N) is 1. The molecule has 6 nitrogen and oxygen atoms in total. The largest absolute Gasteiger partial charge is 0.317 e. The molecule has 0 atom stereocenters. The van der Waals surface area contributed by atoms with Crippen LogP contribution in [0.1, 0.15) is 38.1 Å². The summed E-state index contributed by atoms with van der Waals surface area (Å²) in [4.78, 5) is 10.9. The molecule has 0 unspecified atom stereocenters. The van der Waals surface area contributed by atoms with Gasteiger partial charge in [0.2, 0.25) is 0 Å². The summed E-state index contributed by atoms with van der Waals surface area (Å²) >= 11 is 0. The van der Waals surface area contributed by atoms with Crippen molar-refractivity contribution in [1.82, 2.24) is 15.1 Å². The van der Waals surface area contributed by atoms with E-state index in [1.807, 2.05) is 18.5 Å². The van der Waals surface area contributed by atoms with Crippen LogP contribution in [0.5, 0.6) is 0 Å². The van der Waals surface area contributed by atoms with Gasteiger partial charge in [0.15, 0.2) is 0 Å². The first-order valence-electron chi connectivity index (χ1n) is 7.11. The van der Waals surface area contributed by atoms with E-state index in [0.717, 1.165) is 38.2 Å². The maximum atomic E-state index is 11.2. The lowest BCUT2D eigenvalue weighted by molar-refractivity contribution is -0.386. The summed E-state index contributed by atoms with van der Waals surface area (Å²) in [5.74, 6) is 0.579. The Kier molecular flexibility index (Phi) is 4.52. The van der Waals surface area contributed by atoms with Gasteiger partial charge in [-0.15, -0.1) is 0 Å². The lowest BCUT2D eigenvalue weighted by Gasteiger charge is -2.22. The fourth-order valence-electron chi connectivity index (χ4n) is 2.80. The highest BCUT2D eigenvalue weighted by Crippen LogP contribution is 2.26. The lowest BCUT2D eigenvalue weighted by Crippen LogP contribution is -2.30. The number of aryl methyl sites for hydroxylation is 1. The number of piperidine rings is 1. The number of nitrogens with zero attached hydrogens (tertiary/aromatic N) is 3. The van der Waals surface area contributed by atoms with Crippen molar-refractivity contribution >= 4 is 5.69 Å². The molecule has 1 N–H and O–H groups in total. The Balaban J connectivity index is 2.26. The van der Waals surface area contributed by atoms with Gasteiger partial charge >= 0.3 is 5.69 Å². The maximum Gasteiger partial charge on any atom is 0.313 e. The Hall–Kier alpha value is -1.43. The van der Waals surface area contributed by atoms with Crippen LogP contribution >= 0.6 is 0 Å². The summed E-state index contributed by atoms with van der Waals surface area (Å²) in [6.45, 7) is 6.77. The summed E-state index contributed by atoms with van der Waals surface area (Å²) < 4.78 is 1.88. The second-order valence-electron chi connectivity index (χ2n) is 5.08. The number of aromatic nitrogens is 2. The Labute approximate surface area is 113 Å². The van der Waals surface area contributed by atoms with Crippen molar-refractivity contribution in [3.05, 3.63) is 21.5 Å². The van der Waals surface area contributed by atoms with Gasteiger partial charge in [0.05, 0.1) is 4.92 Å². The summed E-state index contributed by atoms with van der Waals surface area (Å²) in [5.41, 5.74) is 1.63. The van der Waals surface area contributed by atoms with Gasteiger partial charge in [-0.25, -0.2) is 0 Å². The van der Waals surface area contributed by atoms with Gasteiger partial charge in [-0.2, -0.15) is 5.10 Å². The van der Waals surface area contributed by atoms with Crippen molar-refractivity contribution in [2.24, 2.45) is 5.92 Å². The molecule has 1 aliphatic rings. The molecule has 0 radical (unpaired) electrons. The second kappa shape index (κ2) is 6.14. The van der Waals surface area contributed by atoms with E-state index in [0.29, 0.717) is 24.5 Å². The number of nitro groups is 1. The SMILES string of the molecule is CCc1nn(CC2CCNCC2)c(CC)c1[N+](=O)[O-]. The van der Waals surface area contributed by atoms with Crippen molar-refractivity contribution in [3.8, 4) is 0 Å². The van der Waals surface area contributed by atoms with Gasteiger partial charge in [0, 0.05) is 6.54 Å². The van der Waals surface area contributed by atoms with Crippen LogP contribution in [0.4, 0.5) is 5.69 Å². The van der Waals surface area contributed by atoms with E-state index in [1.54, 1.807) is 0 Å². The molecule has 0 aromatic carbocycles. The molecule has 1 saturated heterocycles. The smallest absolute Gasteiger partial charge is 0.313 e. The molecule has 0 amide bonds. The summed E-state index contributed by atoms with van der Waals surface area (Å²) in [5, 5.41) is 19.0. The highest BCUT2D eigenvalue weighted by Gasteiger charge is 2.26. The van der Waals surface area contributed by atoms with Gasteiger partial charge in [0.25, 0.3) is 0 Å². The summed E-state index contributed by atoms with van der Waals surface area (Å²) in [7, 11) is 0. The van der Waals surface area contributed by atoms with Crippen LogP contribution in [-0.4, -0.2) is 27.8 Å². The Morgan fingerprint density at radius 2 is 2.05 bits per heavy atom. The zero-order valence-electron chi connectivity index (χ0n) is 11.7. The molecule has 1 aromatic heterocycles. The number of rotatable bonds is 5. The normalized spacial score (nSPS) is 16.7. The van der Waals surface area contributed by atoms with Crippen LogP contribution in [0.2, 0.25) is 0 Å². The van der Waals surface area contributed by atoms with Crippen LogP contribution < -0.4 is 5.32 Å². The van der Waals surface area contributed by atoms with Crippen molar-refractivity contribution in [2.45, 2.75) is 46.1 Å². The van der Waals surface area contributed by atoms with Crippen LogP contribution in [0.15, 0.2) is 0 Å². The van der Waals surface area contributed by atoms with E-state index < -0.39 is 0 Å². The Morgan fingerprint density at radius 3 is 2.58 bits per heavy atom. The van der Waals surface area contributed by atoms with Gasteiger partial charge in [-0.1, -0.05) is 13.8 Å². The molecule has 1 aliphatic heterocycles. The molecular weight excluding hydrogens is 244 g/mol. The van der Waals surface area contributed by atoms with Crippen molar-refractivity contribution in [1.29, 1.82) is 0 Å². The second-order valence-corrected chi connectivity index (χ2v) is 5.08. The third-order valence-electron chi connectivity index (χ3n) is 3.84. The van der Waals surface area contributed by atoms with Crippen LogP contribution in [0.3, 0.4) is 0 Å². The van der Waals surface area contributed by atoms with Crippen LogP contribution in [0.25, 0.3) is 0 Å². The van der Waals surface area contributed by atoms with E-state index >= 15 is 0 Å². The quantitative estimate of drug-likeness (QED) is 0.652. The Bertz CT molecular complexity index is 450. The molecule has 0 saturated carbocycles. The first-order valence-corrected chi connectivity index (χ1v) is 7.11. The molecule has 19 heavy (non-hydrogen) atoms. The van der Waals surface area contributed by atoms with Crippen LogP contribution in [-0.2, 0) is 19.4 Å². The van der Waals surface area contributed by atoms with E-state index in [1.165, 1.54) is 0 Å². The minimum absolute atomic E-state index is 0.235. The molecular formula is C13H22N4O2. The first-order chi connectivity index (χ1) is 9.17. The topological polar surface area (TPSA) is 73.0 Å². The third-order valence-corrected chi connectivity index (χ3v) is 3.84. The summed E-state index contributed by atoms with van der Waals surface area (Å²) in [6, 6.07) is 0. The predicted octanol–water partition coefficient (Wildman–Crippen LogP) is 1.92. The first kappa shape index (κ1) is 14.0. The van der Waals surface area contributed by atoms with E-state index in [-0.39, 0.29) is 10.6 Å². The fraction of sp³-hybridized carbons (Fsp3) is 0.769. The fourth-order valence-corrected chi connectivity index (χ4v) is 2.80. The molecule has 2 heterocycles. The van der Waals surface area contributed by atoms with Gasteiger partial charge < -0.3 is 5.32 Å². The minimum Gasteiger partial charge on any atom is -0.317 e. The van der Waals surface area contributed by atoms with Gasteiger partial charge in [0.1, 0.15) is 11.4 Å². The number of hydrogen-bond donors (Lipinski definition) is 1. The molecule has 0 spiro atoms. The molecule has 2 rings (SSSR count). The van der Waals surface area contributed by atoms with Crippen molar-refractivity contribution in [3.63, 3.8) is 0 Å². The highest BCUT2D eigenvalue weighted by molar-refractivity contribution is 5.41. The highest BCUT2D eigenvalue weighted by atomic mass is 16.6. The van der Waals surface area contributed by atoms with Crippen molar-refractivity contribution < 1.29 is 4.92 Å². The zero-order valence-corrected chi connectivity index (χ0v) is 11.7. The van der Waals surface area contributed by atoms with E-state index in [2.05, 4.69) is 10.4 Å². The zero-order chi connectivity index (χ0) is 13.8. The summed E-state index contributed by atoms with van der Waals surface area (Å²) in [6.07, 6.45) is 3.52. The third kappa shape index (κ3) is 2.94. The van der Waals surface area contributed by atoms with Crippen LogP contribution in [0, 0.1) is 16.0 Å². The molecule has 0 aliphatic carbocycles. The van der Waals surface area contributed by atoms with Gasteiger partial charge in [-0.3, -0.25) is 14.8 Å².